The first-order valence-electron chi connectivity index (χ1n) is 3.45. The van der Waals surface area contributed by atoms with Crippen molar-refractivity contribution >= 4 is 5.69 Å². The van der Waals surface area contributed by atoms with Crippen molar-refractivity contribution in [3.63, 3.8) is 0 Å². The minimum atomic E-state index is 0.438. The second-order valence-corrected chi connectivity index (χ2v) is 2.11. The molecule has 0 aliphatic rings. The van der Waals surface area contributed by atoms with Gasteiger partial charge in [0.25, 0.3) is 0 Å². The molecule has 0 fully saturated rings. The van der Waals surface area contributed by atoms with Crippen LogP contribution in [0.25, 0.3) is 0 Å². The molecule has 3 N–H and O–H groups in total. The van der Waals surface area contributed by atoms with Gasteiger partial charge in [0, 0.05) is 11.8 Å². The Bertz CT molecular complexity index is 225. The minimum absolute atomic E-state index is 0.438. The topological polar surface area (TPSA) is 47.3 Å². The minimum Gasteiger partial charge on any atom is -0.497 e. The smallest absolute Gasteiger partial charge is 0.120 e. The van der Waals surface area contributed by atoms with Crippen molar-refractivity contribution in [2.75, 3.05) is 19.1 Å². The molecule has 11 heavy (non-hydrogen) atoms. The molecular formula is C8H12N2O. The van der Waals surface area contributed by atoms with Gasteiger partial charge in [0.2, 0.25) is 0 Å². The van der Waals surface area contributed by atoms with Crippen LogP contribution in [0.4, 0.5) is 5.69 Å². The van der Waals surface area contributed by atoms with Gasteiger partial charge in [-0.05, 0) is 12.1 Å². The van der Waals surface area contributed by atoms with E-state index in [9.17, 15) is 0 Å². The number of hydrogen-bond donors (Lipinski definition) is 2. The highest BCUT2D eigenvalue weighted by Gasteiger charge is 1.91. The Hall–Kier alpha value is -1.22. The highest BCUT2D eigenvalue weighted by molar-refractivity contribution is 5.47. The molecule has 3 heteroatoms. The lowest BCUT2D eigenvalue weighted by atomic mass is 10.3. The first kappa shape index (κ1) is 7.88. The van der Waals surface area contributed by atoms with Crippen LogP contribution in [0.2, 0.25) is 0 Å². The molecule has 0 heterocycles. The molecule has 0 saturated heterocycles. The fourth-order valence-electron chi connectivity index (χ4n) is 0.851. The number of methoxy groups -OCH3 is 1. The van der Waals surface area contributed by atoms with E-state index in [-0.39, 0.29) is 0 Å². The molecule has 0 aromatic heterocycles. The van der Waals surface area contributed by atoms with Crippen LogP contribution in [0.5, 0.6) is 5.75 Å². The molecule has 0 spiro atoms. The summed E-state index contributed by atoms with van der Waals surface area (Å²) in [6.45, 7) is 0.438. The molecule has 60 valence electrons. The molecule has 0 aliphatic heterocycles. The van der Waals surface area contributed by atoms with E-state index >= 15 is 0 Å². The van der Waals surface area contributed by atoms with E-state index < -0.39 is 0 Å². The van der Waals surface area contributed by atoms with Crippen LogP contribution in [-0.4, -0.2) is 13.8 Å². The number of nitrogens with two attached hydrogens (primary N) is 1. The third kappa shape index (κ3) is 2.13. The molecule has 1 rings (SSSR count). The molecular weight excluding hydrogens is 140 g/mol. The molecule has 0 aliphatic carbocycles. The molecule has 1 aromatic rings. The maximum absolute atomic E-state index is 5.30. The molecule has 0 amide bonds. The van der Waals surface area contributed by atoms with Gasteiger partial charge in [-0.15, -0.1) is 0 Å². The van der Waals surface area contributed by atoms with E-state index in [1.165, 1.54) is 0 Å². The highest BCUT2D eigenvalue weighted by atomic mass is 16.5. The highest BCUT2D eigenvalue weighted by Crippen LogP contribution is 2.15. The summed E-state index contributed by atoms with van der Waals surface area (Å²) in [4.78, 5) is 0. The Morgan fingerprint density at radius 2 is 2.36 bits per heavy atom. The predicted octanol–water partition coefficient (Wildman–Crippen LogP) is 1.02. The average molecular weight is 152 g/mol. The van der Waals surface area contributed by atoms with Crippen molar-refractivity contribution in [1.82, 2.24) is 0 Å². The summed E-state index contributed by atoms with van der Waals surface area (Å²) in [7, 11) is 1.64. The Labute approximate surface area is 66.2 Å². The summed E-state index contributed by atoms with van der Waals surface area (Å²) < 4.78 is 5.02. The zero-order valence-electron chi connectivity index (χ0n) is 6.50. The summed E-state index contributed by atoms with van der Waals surface area (Å²) in [5.74, 6) is 0.837. The maximum atomic E-state index is 5.30. The molecule has 0 saturated carbocycles. The zero-order chi connectivity index (χ0) is 8.10. The molecule has 3 nitrogen and oxygen atoms in total. The van der Waals surface area contributed by atoms with E-state index in [4.69, 9.17) is 10.5 Å². The van der Waals surface area contributed by atoms with E-state index in [0.29, 0.717) is 6.67 Å². The van der Waals surface area contributed by atoms with Crippen molar-refractivity contribution in [1.29, 1.82) is 0 Å². The van der Waals surface area contributed by atoms with Crippen molar-refractivity contribution in [3.8, 4) is 5.75 Å². The normalized spacial score (nSPS) is 9.27. The largest absolute Gasteiger partial charge is 0.497 e. The molecule has 0 radical (unpaired) electrons. The van der Waals surface area contributed by atoms with Gasteiger partial charge in [-0.2, -0.15) is 0 Å². The summed E-state index contributed by atoms with van der Waals surface area (Å²) in [5, 5.41) is 2.98. The van der Waals surface area contributed by atoms with Crippen LogP contribution in [0.3, 0.4) is 0 Å². The SMILES string of the molecule is COc1cccc(NCN)c1. The number of hydrogen-bond acceptors (Lipinski definition) is 3. The molecule has 0 unspecified atom stereocenters. The van der Waals surface area contributed by atoms with Gasteiger partial charge in [0.1, 0.15) is 5.75 Å². The Kier molecular flexibility index (Phi) is 2.74. The first-order valence-corrected chi connectivity index (χ1v) is 3.45. The lowest BCUT2D eigenvalue weighted by Gasteiger charge is -2.04. The van der Waals surface area contributed by atoms with E-state index in [1.54, 1.807) is 7.11 Å². The number of nitrogens with one attached hydrogen (secondary N) is 1. The second-order valence-electron chi connectivity index (χ2n) is 2.11. The molecule has 0 atom stereocenters. The quantitative estimate of drug-likeness (QED) is 0.636. The fourth-order valence-corrected chi connectivity index (χ4v) is 0.851. The lowest BCUT2D eigenvalue weighted by Crippen LogP contribution is -2.10. The molecule has 1 aromatic carbocycles. The second kappa shape index (κ2) is 3.83. The lowest BCUT2D eigenvalue weighted by molar-refractivity contribution is 0.415. The fraction of sp³-hybridized carbons (Fsp3) is 0.250. The first-order chi connectivity index (χ1) is 5.36. The summed E-state index contributed by atoms with van der Waals surface area (Å²) in [5.41, 5.74) is 6.28. The van der Waals surface area contributed by atoms with Gasteiger partial charge in [-0.3, -0.25) is 0 Å². The van der Waals surface area contributed by atoms with Gasteiger partial charge in [-0.25, -0.2) is 0 Å². The van der Waals surface area contributed by atoms with Crippen molar-refractivity contribution in [2.45, 2.75) is 0 Å². The summed E-state index contributed by atoms with van der Waals surface area (Å²) >= 11 is 0. The molecule has 0 bridgehead atoms. The van der Waals surface area contributed by atoms with Crippen molar-refractivity contribution < 1.29 is 4.74 Å². The monoisotopic (exact) mass is 152 g/mol. The van der Waals surface area contributed by atoms with Crippen LogP contribution in [-0.2, 0) is 0 Å². The Morgan fingerprint density at radius 3 is 3.00 bits per heavy atom. The zero-order valence-corrected chi connectivity index (χ0v) is 6.50. The third-order valence-electron chi connectivity index (χ3n) is 1.38. The van der Waals surface area contributed by atoms with Gasteiger partial charge >= 0.3 is 0 Å². The summed E-state index contributed by atoms with van der Waals surface area (Å²) in [6.07, 6.45) is 0. The number of benzene rings is 1. The van der Waals surface area contributed by atoms with Gasteiger partial charge in [0.05, 0.1) is 13.8 Å². The third-order valence-corrected chi connectivity index (χ3v) is 1.38. The van der Waals surface area contributed by atoms with Crippen LogP contribution < -0.4 is 15.8 Å². The van der Waals surface area contributed by atoms with Gasteiger partial charge in [-0.1, -0.05) is 6.07 Å². The number of rotatable bonds is 3. The Morgan fingerprint density at radius 1 is 1.55 bits per heavy atom. The Balaban J connectivity index is 2.74. The standard InChI is InChI=1S/C8H12N2O/c1-11-8-4-2-3-7(5-8)10-6-9/h2-5,10H,6,9H2,1H3. The predicted molar refractivity (Wildman–Crippen MR) is 45.7 cm³/mol. The maximum Gasteiger partial charge on any atom is 0.120 e. The van der Waals surface area contributed by atoms with Crippen molar-refractivity contribution in [2.24, 2.45) is 5.73 Å². The number of ether oxygens (including phenoxy) is 1. The van der Waals surface area contributed by atoms with Gasteiger partial charge in [0.15, 0.2) is 0 Å². The number of anilines is 1. The summed E-state index contributed by atoms with van der Waals surface area (Å²) in [6, 6.07) is 7.64. The van der Waals surface area contributed by atoms with Crippen LogP contribution in [0.1, 0.15) is 0 Å². The van der Waals surface area contributed by atoms with Crippen LogP contribution >= 0.6 is 0 Å². The van der Waals surface area contributed by atoms with Gasteiger partial charge < -0.3 is 15.8 Å². The average Bonchev–Trinajstić information content (AvgIpc) is 2.06. The van der Waals surface area contributed by atoms with E-state index in [1.807, 2.05) is 24.3 Å². The van der Waals surface area contributed by atoms with E-state index in [0.717, 1.165) is 11.4 Å². The van der Waals surface area contributed by atoms with Crippen LogP contribution in [0, 0.1) is 0 Å². The van der Waals surface area contributed by atoms with Crippen LogP contribution in [0.15, 0.2) is 24.3 Å². The van der Waals surface area contributed by atoms with E-state index in [2.05, 4.69) is 5.32 Å². The van der Waals surface area contributed by atoms with Crippen molar-refractivity contribution in [3.05, 3.63) is 24.3 Å².